The number of nitrogens with one attached hydrogen (secondary N) is 1. The van der Waals surface area contributed by atoms with Gasteiger partial charge < -0.3 is 5.32 Å². The lowest BCUT2D eigenvalue weighted by Gasteiger charge is -2.10. The molecule has 0 saturated carbocycles. The molecule has 3 nitrogen and oxygen atoms in total. The van der Waals surface area contributed by atoms with Crippen LogP contribution in [-0.4, -0.2) is 9.97 Å². The molecule has 0 bridgehead atoms. The Bertz CT molecular complexity index is 1100. The largest absolute Gasteiger partial charge is 0.340 e. The second kappa shape index (κ2) is 6.95. The van der Waals surface area contributed by atoms with E-state index in [-0.39, 0.29) is 0 Å². The van der Waals surface area contributed by atoms with E-state index in [0.717, 1.165) is 46.4 Å². The van der Waals surface area contributed by atoms with Gasteiger partial charge in [0.15, 0.2) is 0 Å². The minimum absolute atomic E-state index is 0.731. The van der Waals surface area contributed by atoms with Crippen molar-refractivity contribution in [1.82, 2.24) is 9.97 Å². The monoisotopic (exact) mass is 391 g/mol. The van der Waals surface area contributed by atoms with Crippen molar-refractivity contribution >= 4 is 44.7 Å². The number of hydrogen-bond acceptors (Lipinski definition) is 4. The Labute approximate surface area is 167 Å². The molecule has 1 aliphatic carbocycles. The molecule has 0 saturated heterocycles. The molecule has 0 amide bonds. The highest BCUT2D eigenvalue weighted by Crippen LogP contribution is 2.40. The van der Waals surface area contributed by atoms with E-state index in [1.165, 1.54) is 27.8 Å². The van der Waals surface area contributed by atoms with Crippen LogP contribution >= 0.6 is 22.9 Å². The van der Waals surface area contributed by atoms with E-state index >= 15 is 0 Å². The number of fused-ring (bicyclic) bond motifs is 3. The van der Waals surface area contributed by atoms with E-state index in [1.54, 1.807) is 0 Å². The number of nitrogens with zero attached hydrogens (tertiary/aromatic N) is 2. The normalized spacial score (nSPS) is 13.1. The summed E-state index contributed by atoms with van der Waals surface area (Å²) >= 11 is 7.86. The first-order valence-corrected chi connectivity index (χ1v) is 10.3. The number of thiophene rings is 1. The molecule has 0 spiro atoms. The zero-order valence-corrected chi connectivity index (χ0v) is 16.3. The first-order chi connectivity index (χ1) is 13.3. The van der Waals surface area contributed by atoms with Crippen molar-refractivity contribution in [2.75, 3.05) is 5.32 Å². The first-order valence-electron chi connectivity index (χ1n) is 9.14. The van der Waals surface area contributed by atoms with Crippen molar-refractivity contribution < 1.29 is 0 Å². The van der Waals surface area contributed by atoms with E-state index in [9.17, 15) is 0 Å². The van der Waals surface area contributed by atoms with E-state index in [2.05, 4.69) is 29.6 Å². The SMILES string of the molecule is Clc1ccc(Nc2nc(Cc3ccccc3)nc3sc4c(c23)CCC4)cc1. The topological polar surface area (TPSA) is 37.8 Å². The van der Waals surface area contributed by atoms with Crippen molar-refractivity contribution in [2.24, 2.45) is 0 Å². The van der Waals surface area contributed by atoms with Crippen molar-refractivity contribution in [2.45, 2.75) is 25.7 Å². The summed E-state index contributed by atoms with van der Waals surface area (Å²) in [7, 11) is 0. The second-order valence-corrected chi connectivity index (χ2v) is 8.34. The molecule has 0 radical (unpaired) electrons. The number of aromatic nitrogens is 2. The Balaban J connectivity index is 1.60. The molecule has 2 aromatic carbocycles. The summed E-state index contributed by atoms with van der Waals surface area (Å²) in [5.41, 5.74) is 3.64. The molecule has 0 fully saturated rings. The molecular weight excluding hydrogens is 374 g/mol. The Kier molecular flexibility index (Phi) is 4.30. The Morgan fingerprint density at radius 2 is 1.78 bits per heavy atom. The fourth-order valence-electron chi connectivity index (χ4n) is 3.66. The number of rotatable bonds is 4. The van der Waals surface area contributed by atoms with Gasteiger partial charge >= 0.3 is 0 Å². The summed E-state index contributed by atoms with van der Waals surface area (Å²) in [6, 6.07) is 18.1. The molecule has 2 aromatic heterocycles. The maximum absolute atomic E-state index is 6.03. The minimum Gasteiger partial charge on any atom is -0.340 e. The fraction of sp³-hybridized carbons (Fsp3) is 0.182. The predicted molar refractivity (Wildman–Crippen MR) is 113 cm³/mol. The molecule has 2 heterocycles. The van der Waals surface area contributed by atoms with Crippen LogP contribution in [0.1, 0.15) is 28.2 Å². The lowest BCUT2D eigenvalue weighted by molar-refractivity contribution is 0.916. The van der Waals surface area contributed by atoms with Gasteiger partial charge in [0.1, 0.15) is 16.5 Å². The third kappa shape index (κ3) is 3.31. The van der Waals surface area contributed by atoms with Crippen molar-refractivity contribution in [3.05, 3.63) is 81.4 Å². The van der Waals surface area contributed by atoms with Gasteiger partial charge in [-0.15, -0.1) is 11.3 Å². The summed E-state index contributed by atoms with van der Waals surface area (Å²) in [5, 5.41) is 5.44. The average molecular weight is 392 g/mol. The highest BCUT2D eigenvalue weighted by molar-refractivity contribution is 7.19. The molecule has 0 atom stereocenters. The minimum atomic E-state index is 0.731. The van der Waals surface area contributed by atoms with Crippen molar-refractivity contribution in [3.8, 4) is 0 Å². The lowest BCUT2D eigenvalue weighted by atomic mass is 10.1. The maximum atomic E-state index is 6.03. The molecule has 1 aliphatic rings. The van der Waals surface area contributed by atoms with E-state index in [4.69, 9.17) is 21.6 Å². The molecule has 4 aromatic rings. The quantitative estimate of drug-likeness (QED) is 0.452. The standard InChI is InChI=1S/C22H18ClN3S/c23-15-9-11-16(12-10-15)24-21-20-17-7-4-8-18(17)27-22(20)26-19(25-21)13-14-5-2-1-3-6-14/h1-3,5-6,9-12H,4,7-8,13H2,(H,24,25,26). The molecule has 0 unspecified atom stereocenters. The smallest absolute Gasteiger partial charge is 0.143 e. The van der Waals surface area contributed by atoms with Gasteiger partial charge in [-0.25, -0.2) is 9.97 Å². The zero-order chi connectivity index (χ0) is 18.2. The van der Waals surface area contributed by atoms with Crippen molar-refractivity contribution in [3.63, 3.8) is 0 Å². The van der Waals surface area contributed by atoms with Crippen LogP contribution in [0, 0.1) is 0 Å². The molecule has 1 N–H and O–H groups in total. The number of aryl methyl sites for hydroxylation is 2. The van der Waals surface area contributed by atoms with Gasteiger partial charge in [0.2, 0.25) is 0 Å². The van der Waals surface area contributed by atoms with E-state index in [0.29, 0.717) is 0 Å². The van der Waals surface area contributed by atoms with Gasteiger partial charge in [-0.1, -0.05) is 41.9 Å². The second-order valence-electron chi connectivity index (χ2n) is 6.82. The Morgan fingerprint density at radius 3 is 2.59 bits per heavy atom. The van der Waals surface area contributed by atoms with Crippen molar-refractivity contribution in [1.29, 1.82) is 0 Å². The van der Waals surface area contributed by atoms with Crippen LogP contribution in [0.2, 0.25) is 5.02 Å². The van der Waals surface area contributed by atoms with Gasteiger partial charge in [0.25, 0.3) is 0 Å². The van der Waals surface area contributed by atoms with Crippen LogP contribution in [0.5, 0.6) is 0 Å². The predicted octanol–water partition coefficient (Wildman–Crippen LogP) is 6.17. The van der Waals surface area contributed by atoms with Crippen LogP contribution in [0.4, 0.5) is 11.5 Å². The number of halogens is 1. The maximum Gasteiger partial charge on any atom is 0.143 e. The third-order valence-corrected chi connectivity index (χ3v) is 6.36. The highest BCUT2D eigenvalue weighted by Gasteiger charge is 2.22. The van der Waals surface area contributed by atoms with E-state index < -0.39 is 0 Å². The summed E-state index contributed by atoms with van der Waals surface area (Å²) in [6.45, 7) is 0. The first kappa shape index (κ1) is 16.7. The molecule has 27 heavy (non-hydrogen) atoms. The molecular formula is C22H18ClN3S. The molecule has 5 heteroatoms. The summed E-state index contributed by atoms with van der Waals surface area (Å²) in [6.07, 6.45) is 4.23. The number of benzene rings is 2. The summed E-state index contributed by atoms with van der Waals surface area (Å²) < 4.78 is 0. The molecule has 5 rings (SSSR count). The van der Waals surface area contributed by atoms with Gasteiger partial charge in [-0.05, 0) is 54.7 Å². The number of anilines is 2. The van der Waals surface area contributed by atoms with Gasteiger partial charge in [0, 0.05) is 22.0 Å². The molecule has 0 aliphatic heterocycles. The summed E-state index contributed by atoms with van der Waals surface area (Å²) in [5.74, 6) is 1.76. The average Bonchev–Trinajstić information content (AvgIpc) is 3.25. The van der Waals surface area contributed by atoms with Crippen LogP contribution in [0.15, 0.2) is 54.6 Å². The van der Waals surface area contributed by atoms with Gasteiger partial charge in [-0.2, -0.15) is 0 Å². The number of hydrogen-bond donors (Lipinski definition) is 1. The Hall–Kier alpha value is -2.43. The van der Waals surface area contributed by atoms with Crippen LogP contribution in [0.3, 0.4) is 0 Å². The highest BCUT2D eigenvalue weighted by atomic mass is 35.5. The molecule has 134 valence electrons. The van der Waals surface area contributed by atoms with Crippen LogP contribution in [0.25, 0.3) is 10.2 Å². The Morgan fingerprint density at radius 1 is 0.963 bits per heavy atom. The van der Waals surface area contributed by atoms with Gasteiger partial charge in [0.05, 0.1) is 5.39 Å². The van der Waals surface area contributed by atoms with Crippen LogP contribution in [-0.2, 0) is 19.3 Å². The zero-order valence-electron chi connectivity index (χ0n) is 14.7. The van der Waals surface area contributed by atoms with Crippen LogP contribution < -0.4 is 5.32 Å². The summed E-state index contributed by atoms with van der Waals surface area (Å²) in [4.78, 5) is 12.4. The van der Waals surface area contributed by atoms with Gasteiger partial charge in [-0.3, -0.25) is 0 Å². The lowest BCUT2D eigenvalue weighted by Crippen LogP contribution is -2.02. The third-order valence-electron chi connectivity index (χ3n) is 4.92. The van der Waals surface area contributed by atoms with E-state index in [1.807, 2.05) is 41.7 Å². The fourth-order valence-corrected chi connectivity index (χ4v) is 5.06.